The van der Waals surface area contributed by atoms with Gasteiger partial charge in [0, 0.05) is 12.2 Å². The van der Waals surface area contributed by atoms with E-state index in [4.69, 9.17) is 4.74 Å². The number of ether oxygens (including phenoxy) is 1. The molecule has 2 rings (SSSR count). The van der Waals surface area contributed by atoms with Crippen molar-refractivity contribution in [2.24, 2.45) is 5.92 Å². The average Bonchev–Trinajstić information content (AvgIpc) is 2.84. The van der Waals surface area contributed by atoms with E-state index >= 15 is 0 Å². The number of aryl methyl sites for hydroxylation is 4. The Morgan fingerprint density at radius 1 is 1.00 bits per heavy atom. The van der Waals surface area contributed by atoms with Gasteiger partial charge >= 0.3 is 6.09 Å². The summed E-state index contributed by atoms with van der Waals surface area (Å²) in [5, 5.41) is 5.86. The molecule has 3 unspecified atom stereocenters. The van der Waals surface area contributed by atoms with Crippen LogP contribution < -0.4 is 10.6 Å². The van der Waals surface area contributed by atoms with Crippen molar-refractivity contribution < 1.29 is 19.1 Å². The van der Waals surface area contributed by atoms with Crippen molar-refractivity contribution >= 4 is 23.6 Å². The van der Waals surface area contributed by atoms with Gasteiger partial charge in [-0.05, 0) is 82.2 Å². The maximum absolute atomic E-state index is 14.2. The molecule has 0 heterocycles. The van der Waals surface area contributed by atoms with E-state index in [0.717, 1.165) is 22.3 Å². The molecule has 2 aromatic rings. The molecule has 0 spiro atoms. The lowest BCUT2D eigenvalue weighted by Crippen LogP contribution is -2.54. The second-order valence-electron chi connectivity index (χ2n) is 11.3. The Bertz CT molecular complexity index is 1180. The van der Waals surface area contributed by atoms with Gasteiger partial charge in [-0.1, -0.05) is 62.7 Å². The molecule has 2 N–H and O–H groups in total. The van der Waals surface area contributed by atoms with Gasteiger partial charge in [-0.15, -0.1) is 6.58 Å². The number of rotatable bonds is 10. The zero-order chi connectivity index (χ0) is 29.5. The van der Waals surface area contributed by atoms with Crippen molar-refractivity contribution in [2.75, 3.05) is 11.9 Å². The highest BCUT2D eigenvalue weighted by atomic mass is 16.6. The predicted octanol–water partition coefficient (Wildman–Crippen LogP) is 6.55. The van der Waals surface area contributed by atoms with Crippen molar-refractivity contribution in [1.29, 1.82) is 0 Å². The Kier molecular flexibility index (Phi) is 10.9. The smallest absolute Gasteiger partial charge is 0.408 e. The summed E-state index contributed by atoms with van der Waals surface area (Å²) < 4.78 is 5.46. The highest BCUT2D eigenvalue weighted by Crippen LogP contribution is 2.29. The van der Waals surface area contributed by atoms with Crippen LogP contribution in [0.3, 0.4) is 0 Å². The Balaban J connectivity index is 2.61. The van der Waals surface area contributed by atoms with Crippen LogP contribution in [0.25, 0.3) is 0 Å². The molecule has 39 heavy (non-hydrogen) atoms. The summed E-state index contributed by atoms with van der Waals surface area (Å²) in [6.45, 7) is 21.0. The van der Waals surface area contributed by atoms with E-state index in [0.29, 0.717) is 17.7 Å². The van der Waals surface area contributed by atoms with Crippen molar-refractivity contribution in [3.05, 3.63) is 76.9 Å². The van der Waals surface area contributed by atoms with Gasteiger partial charge in [0.25, 0.3) is 5.91 Å². The van der Waals surface area contributed by atoms with Gasteiger partial charge in [0.1, 0.15) is 17.7 Å². The minimum Gasteiger partial charge on any atom is -0.444 e. The number of anilines is 1. The first-order chi connectivity index (χ1) is 18.2. The van der Waals surface area contributed by atoms with Crippen molar-refractivity contribution in [2.45, 2.75) is 86.4 Å². The summed E-state index contributed by atoms with van der Waals surface area (Å²) in [5.74, 6) is -0.930. The summed E-state index contributed by atoms with van der Waals surface area (Å²) in [6, 6.07) is 9.72. The molecule has 2 aromatic carbocycles. The van der Waals surface area contributed by atoms with Crippen molar-refractivity contribution in [3.8, 4) is 0 Å². The third-order valence-electron chi connectivity index (χ3n) is 6.90. The molecule has 7 nitrogen and oxygen atoms in total. The normalized spacial score (nSPS) is 13.6. The SMILES string of the molecule is C=CCN(C(=O)C(NC(=O)OC(C)(C)C)C(C)CC)C(C(=O)Nc1c(C)cccc1C)c1ccc(C)c(C)c1. The number of amides is 3. The van der Waals surface area contributed by atoms with Crippen LogP contribution >= 0.6 is 0 Å². The molecule has 0 saturated heterocycles. The number of nitrogens with one attached hydrogen (secondary N) is 2. The fourth-order valence-electron chi connectivity index (χ4n) is 4.37. The van der Waals surface area contributed by atoms with Gasteiger partial charge in [-0.2, -0.15) is 0 Å². The number of benzene rings is 2. The first kappa shape index (κ1) is 31.6. The summed E-state index contributed by atoms with van der Waals surface area (Å²) in [5.41, 5.74) is 4.61. The first-order valence-electron chi connectivity index (χ1n) is 13.5. The summed E-state index contributed by atoms with van der Waals surface area (Å²) >= 11 is 0. The Morgan fingerprint density at radius 3 is 2.13 bits per heavy atom. The number of carbonyl (C=O) groups excluding carboxylic acids is 3. The predicted molar refractivity (Wildman–Crippen MR) is 158 cm³/mol. The second kappa shape index (κ2) is 13.5. The van der Waals surface area contributed by atoms with E-state index in [2.05, 4.69) is 17.2 Å². The molecule has 0 bridgehead atoms. The molecule has 3 atom stereocenters. The van der Waals surface area contributed by atoms with Gasteiger partial charge < -0.3 is 20.3 Å². The fourth-order valence-corrected chi connectivity index (χ4v) is 4.37. The van der Waals surface area contributed by atoms with Crippen LogP contribution in [-0.4, -0.2) is 41.0 Å². The molecule has 0 aliphatic carbocycles. The zero-order valence-corrected chi connectivity index (χ0v) is 25.0. The Morgan fingerprint density at radius 2 is 1.62 bits per heavy atom. The van der Waals surface area contributed by atoms with Crippen LogP contribution in [0.4, 0.5) is 10.5 Å². The minimum absolute atomic E-state index is 0.111. The largest absolute Gasteiger partial charge is 0.444 e. The van der Waals surface area contributed by atoms with E-state index in [9.17, 15) is 14.4 Å². The summed E-state index contributed by atoms with van der Waals surface area (Å²) in [4.78, 5) is 42.5. The van der Waals surface area contributed by atoms with E-state index < -0.39 is 23.8 Å². The molecule has 0 aliphatic heterocycles. The van der Waals surface area contributed by atoms with Crippen LogP contribution in [-0.2, 0) is 14.3 Å². The maximum atomic E-state index is 14.2. The quantitative estimate of drug-likeness (QED) is 0.338. The standard InChI is InChI=1S/C32H45N3O4/c1-11-18-35(30(37)27(20(3)12-2)34-31(38)39-32(8,9)10)28(25-17-16-21(4)24(7)19-25)29(36)33-26-22(5)14-13-15-23(26)6/h11,13-17,19-20,27-28H,1,12,18H2,2-10H3,(H,33,36)(H,34,38). The third-order valence-corrected chi connectivity index (χ3v) is 6.90. The molecule has 212 valence electrons. The van der Waals surface area contributed by atoms with Crippen LogP contribution in [0.5, 0.6) is 0 Å². The highest BCUT2D eigenvalue weighted by molar-refractivity contribution is 6.00. The monoisotopic (exact) mass is 535 g/mol. The molecular formula is C32H45N3O4. The lowest BCUT2D eigenvalue weighted by atomic mass is 9.94. The van der Waals surface area contributed by atoms with Crippen LogP contribution in [0.1, 0.15) is 74.9 Å². The van der Waals surface area contributed by atoms with Gasteiger partial charge in [0.05, 0.1) is 0 Å². The molecule has 0 saturated carbocycles. The van der Waals surface area contributed by atoms with Crippen molar-refractivity contribution in [3.63, 3.8) is 0 Å². The van der Waals surface area contributed by atoms with Crippen molar-refractivity contribution in [1.82, 2.24) is 10.2 Å². The van der Waals surface area contributed by atoms with Crippen LogP contribution in [0.15, 0.2) is 49.1 Å². The fraction of sp³-hybridized carbons (Fsp3) is 0.469. The van der Waals surface area contributed by atoms with E-state index in [1.165, 1.54) is 4.90 Å². The molecular weight excluding hydrogens is 490 g/mol. The van der Waals surface area contributed by atoms with E-state index in [1.807, 2.05) is 77.9 Å². The number of carbonyl (C=O) groups is 3. The Labute approximate surface area is 234 Å². The summed E-state index contributed by atoms with van der Waals surface area (Å²) in [7, 11) is 0. The van der Waals surface area contributed by atoms with E-state index in [1.54, 1.807) is 26.8 Å². The maximum Gasteiger partial charge on any atom is 0.408 e. The number of alkyl carbamates (subject to hydrolysis) is 1. The van der Waals surface area contributed by atoms with E-state index in [-0.39, 0.29) is 24.3 Å². The molecule has 0 radical (unpaired) electrons. The molecule has 7 heteroatoms. The average molecular weight is 536 g/mol. The molecule has 0 aliphatic rings. The lowest BCUT2D eigenvalue weighted by molar-refractivity contribution is -0.141. The Hall–Kier alpha value is -3.61. The molecule has 0 aromatic heterocycles. The topological polar surface area (TPSA) is 87.7 Å². The molecule has 3 amide bonds. The third kappa shape index (κ3) is 8.44. The van der Waals surface area contributed by atoms with Gasteiger partial charge in [0.2, 0.25) is 5.91 Å². The number of hydrogen-bond donors (Lipinski definition) is 2. The highest BCUT2D eigenvalue weighted by Gasteiger charge is 2.38. The first-order valence-corrected chi connectivity index (χ1v) is 13.5. The molecule has 0 fully saturated rings. The van der Waals surface area contributed by atoms with Crippen LogP contribution in [0, 0.1) is 33.6 Å². The number of nitrogens with zero attached hydrogens (tertiary/aromatic N) is 1. The summed E-state index contributed by atoms with van der Waals surface area (Å²) in [6.07, 6.45) is 1.55. The second-order valence-corrected chi connectivity index (χ2v) is 11.3. The lowest BCUT2D eigenvalue weighted by Gasteiger charge is -2.35. The van der Waals surface area contributed by atoms with Gasteiger partial charge in [0.15, 0.2) is 0 Å². The van der Waals surface area contributed by atoms with Gasteiger partial charge in [-0.25, -0.2) is 4.79 Å². The number of para-hydroxylation sites is 1. The minimum atomic E-state index is -0.958. The van der Waals surface area contributed by atoms with Crippen LogP contribution in [0.2, 0.25) is 0 Å². The zero-order valence-electron chi connectivity index (χ0n) is 25.0. The van der Waals surface area contributed by atoms with Gasteiger partial charge in [-0.3, -0.25) is 9.59 Å². The number of hydrogen-bond acceptors (Lipinski definition) is 4.